The Balaban J connectivity index is 1.78. The predicted molar refractivity (Wildman–Crippen MR) is 99.6 cm³/mol. The number of rotatable bonds is 6. The van der Waals surface area contributed by atoms with E-state index in [1.807, 2.05) is 24.3 Å². The van der Waals surface area contributed by atoms with Gasteiger partial charge in [-0.1, -0.05) is 12.1 Å². The van der Waals surface area contributed by atoms with Crippen molar-refractivity contribution in [1.82, 2.24) is 4.72 Å². The molecule has 5 nitrogen and oxygen atoms in total. The lowest BCUT2D eigenvalue weighted by atomic mass is 10.1. The van der Waals surface area contributed by atoms with Gasteiger partial charge in [-0.2, -0.15) is 0 Å². The van der Waals surface area contributed by atoms with E-state index < -0.39 is 21.9 Å². The van der Waals surface area contributed by atoms with Gasteiger partial charge in [0.05, 0.1) is 7.11 Å². The highest BCUT2D eigenvalue weighted by molar-refractivity contribution is 7.89. The highest BCUT2D eigenvalue weighted by atomic mass is 32.2. The summed E-state index contributed by atoms with van der Waals surface area (Å²) in [5, 5.41) is 0. The lowest BCUT2D eigenvalue weighted by Gasteiger charge is -2.20. The smallest absolute Gasteiger partial charge is 0.244 e. The molecule has 1 aliphatic heterocycles. The van der Waals surface area contributed by atoms with E-state index in [4.69, 9.17) is 4.74 Å². The maximum Gasteiger partial charge on any atom is 0.244 e. The first-order valence-electron chi connectivity index (χ1n) is 8.61. The molecule has 3 rings (SSSR count). The van der Waals surface area contributed by atoms with E-state index in [1.54, 1.807) is 6.92 Å². The second kappa shape index (κ2) is 7.63. The molecule has 26 heavy (non-hydrogen) atoms. The van der Waals surface area contributed by atoms with E-state index in [9.17, 15) is 12.8 Å². The molecule has 1 aliphatic rings. The number of benzene rings is 2. The van der Waals surface area contributed by atoms with Crippen molar-refractivity contribution in [3.63, 3.8) is 0 Å². The van der Waals surface area contributed by atoms with E-state index in [1.165, 1.54) is 32.1 Å². The Hall–Kier alpha value is -2.12. The lowest BCUT2D eigenvalue weighted by Crippen LogP contribution is -2.27. The first-order valence-corrected chi connectivity index (χ1v) is 10.1. The van der Waals surface area contributed by atoms with E-state index >= 15 is 0 Å². The molecular weight excluding hydrogens is 355 g/mol. The SMILES string of the molecule is COc1ccc(F)cc1S(=O)(=O)N[C@H](C)c1ccc(N2CCCC2)cc1. The minimum absolute atomic E-state index is 0.107. The fourth-order valence-corrected chi connectivity index (χ4v) is 4.59. The van der Waals surface area contributed by atoms with Crippen LogP contribution in [0, 0.1) is 5.82 Å². The van der Waals surface area contributed by atoms with Crippen molar-refractivity contribution in [2.75, 3.05) is 25.1 Å². The van der Waals surface area contributed by atoms with Crippen LogP contribution in [0.2, 0.25) is 0 Å². The topological polar surface area (TPSA) is 58.6 Å². The molecular formula is C19H23FN2O3S. The van der Waals surface area contributed by atoms with E-state index in [0.29, 0.717) is 0 Å². The van der Waals surface area contributed by atoms with Crippen LogP contribution in [0.25, 0.3) is 0 Å². The van der Waals surface area contributed by atoms with Crippen molar-refractivity contribution >= 4 is 15.7 Å². The predicted octanol–water partition coefficient (Wildman–Crippen LogP) is 3.47. The van der Waals surface area contributed by atoms with Gasteiger partial charge in [-0.3, -0.25) is 0 Å². The minimum Gasteiger partial charge on any atom is -0.495 e. The van der Waals surface area contributed by atoms with Gasteiger partial charge in [0.2, 0.25) is 10.0 Å². The van der Waals surface area contributed by atoms with Gasteiger partial charge in [-0.05, 0) is 55.7 Å². The van der Waals surface area contributed by atoms with Gasteiger partial charge in [-0.25, -0.2) is 17.5 Å². The monoisotopic (exact) mass is 378 g/mol. The fraction of sp³-hybridized carbons (Fsp3) is 0.368. The summed E-state index contributed by atoms with van der Waals surface area (Å²) in [6, 6.07) is 10.8. The zero-order chi connectivity index (χ0) is 18.7. The molecule has 0 aliphatic carbocycles. The molecule has 7 heteroatoms. The number of methoxy groups -OCH3 is 1. The highest BCUT2D eigenvalue weighted by Gasteiger charge is 2.23. The van der Waals surface area contributed by atoms with Crippen molar-refractivity contribution < 1.29 is 17.5 Å². The summed E-state index contributed by atoms with van der Waals surface area (Å²) in [5.74, 6) is -0.524. The zero-order valence-corrected chi connectivity index (χ0v) is 15.7. The molecule has 0 unspecified atom stereocenters. The first kappa shape index (κ1) is 18.7. The number of sulfonamides is 1. The molecule has 1 N–H and O–H groups in total. The number of hydrogen-bond acceptors (Lipinski definition) is 4. The van der Waals surface area contributed by atoms with E-state index in [-0.39, 0.29) is 10.6 Å². The van der Waals surface area contributed by atoms with Crippen LogP contribution < -0.4 is 14.4 Å². The van der Waals surface area contributed by atoms with E-state index in [0.717, 1.165) is 30.4 Å². The zero-order valence-electron chi connectivity index (χ0n) is 14.9. The second-order valence-corrected chi connectivity index (χ2v) is 8.11. The highest BCUT2D eigenvalue weighted by Crippen LogP contribution is 2.27. The van der Waals surface area contributed by atoms with Crippen molar-refractivity contribution in [3.05, 3.63) is 53.8 Å². The number of ether oxygens (including phenoxy) is 1. The van der Waals surface area contributed by atoms with Crippen LogP contribution in [0.1, 0.15) is 31.4 Å². The molecule has 0 radical (unpaired) electrons. The Bertz CT molecular complexity index is 863. The van der Waals surface area contributed by atoms with Crippen molar-refractivity contribution in [2.24, 2.45) is 0 Å². The average molecular weight is 378 g/mol. The third kappa shape index (κ3) is 3.99. The van der Waals surface area contributed by atoms with Gasteiger partial charge in [0.1, 0.15) is 16.5 Å². The summed E-state index contributed by atoms with van der Waals surface area (Å²) in [4.78, 5) is 2.11. The van der Waals surface area contributed by atoms with Crippen LogP contribution in [-0.4, -0.2) is 28.6 Å². The third-order valence-electron chi connectivity index (χ3n) is 4.61. The maximum absolute atomic E-state index is 13.5. The van der Waals surface area contributed by atoms with Crippen molar-refractivity contribution in [2.45, 2.75) is 30.7 Å². The van der Waals surface area contributed by atoms with Crippen molar-refractivity contribution in [3.8, 4) is 5.75 Å². The molecule has 0 amide bonds. The number of halogens is 1. The second-order valence-electron chi connectivity index (χ2n) is 6.42. The number of anilines is 1. The van der Waals surface area contributed by atoms with Crippen LogP contribution in [0.3, 0.4) is 0 Å². The first-order chi connectivity index (χ1) is 12.4. The van der Waals surface area contributed by atoms with Gasteiger partial charge in [0.25, 0.3) is 0 Å². The average Bonchev–Trinajstić information content (AvgIpc) is 3.16. The normalized spacial score (nSPS) is 15.9. The molecule has 1 heterocycles. The van der Waals surface area contributed by atoms with Gasteiger partial charge in [0, 0.05) is 24.8 Å². The summed E-state index contributed by atoms with van der Waals surface area (Å²) in [6.45, 7) is 3.87. The molecule has 1 saturated heterocycles. The Morgan fingerprint density at radius 2 is 1.77 bits per heavy atom. The molecule has 0 saturated carbocycles. The van der Waals surface area contributed by atoms with Crippen LogP contribution >= 0.6 is 0 Å². The molecule has 1 atom stereocenters. The van der Waals surface area contributed by atoms with E-state index in [2.05, 4.69) is 9.62 Å². The van der Waals surface area contributed by atoms with Gasteiger partial charge in [0.15, 0.2) is 0 Å². The fourth-order valence-electron chi connectivity index (χ4n) is 3.17. The molecule has 140 valence electrons. The number of nitrogens with one attached hydrogen (secondary N) is 1. The number of hydrogen-bond donors (Lipinski definition) is 1. The Labute approximate surface area is 153 Å². The minimum atomic E-state index is -3.92. The molecule has 2 aromatic rings. The van der Waals surface area contributed by atoms with Crippen molar-refractivity contribution in [1.29, 1.82) is 0 Å². The van der Waals surface area contributed by atoms with Gasteiger partial charge in [-0.15, -0.1) is 0 Å². The third-order valence-corrected chi connectivity index (χ3v) is 6.17. The van der Waals surface area contributed by atoms with Crippen LogP contribution in [-0.2, 0) is 10.0 Å². The van der Waals surface area contributed by atoms with Crippen LogP contribution in [0.5, 0.6) is 5.75 Å². The van der Waals surface area contributed by atoms with Crippen LogP contribution in [0.15, 0.2) is 47.4 Å². The summed E-state index contributed by atoms with van der Waals surface area (Å²) < 4.78 is 46.5. The standard InChI is InChI=1S/C19H23FN2O3S/c1-14(15-5-8-17(9-6-15)22-11-3-4-12-22)21-26(23,24)19-13-16(20)7-10-18(19)25-2/h5-10,13-14,21H,3-4,11-12H2,1-2H3/t14-/m1/s1. The summed E-state index contributed by atoms with van der Waals surface area (Å²) in [5.41, 5.74) is 1.99. The molecule has 1 fully saturated rings. The molecule has 0 spiro atoms. The maximum atomic E-state index is 13.5. The molecule has 0 bridgehead atoms. The Kier molecular flexibility index (Phi) is 5.48. The Morgan fingerprint density at radius 3 is 2.38 bits per heavy atom. The quantitative estimate of drug-likeness (QED) is 0.836. The van der Waals surface area contributed by atoms with Gasteiger partial charge >= 0.3 is 0 Å². The summed E-state index contributed by atoms with van der Waals surface area (Å²) >= 11 is 0. The largest absolute Gasteiger partial charge is 0.495 e. The number of nitrogens with zero attached hydrogens (tertiary/aromatic N) is 1. The molecule has 0 aromatic heterocycles. The Morgan fingerprint density at radius 1 is 1.12 bits per heavy atom. The summed E-state index contributed by atoms with van der Waals surface area (Å²) in [6.07, 6.45) is 2.40. The lowest BCUT2D eigenvalue weighted by molar-refractivity contribution is 0.400. The van der Waals surface area contributed by atoms with Gasteiger partial charge < -0.3 is 9.64 Å². The molecule has 2 aromatic carbocycles. The summed E-state index contributed by atoms with van der Waals surface area (Å²) in [7, 11) is -2.57. The van der Waals surface area contributed by atoms with Crippen LogP contribution in [0.4, 0.5) is 10.1 Å².